The summed E-state index contributed by atoms with van der Waals surface area (Å²) in [5.41, 5.74) is 4.85. The van der Waals surface area contributed by atoms with Crippen molar-refractivity contribution in [3.8, 4) is 0 Å². The highest BCUT2D eigenvalue weighted by Crippen LogP contribution is 2.23. The van der Waals surface area contributed by atoms with Crippen LogP contribution in [0.1, 0.15) is 32.0 Å². The molecule has 3 nitrogen and oxygen atoms in total. The van der Waals surface area contributed by atoms with Gasteiger partial charge in [-0.3, -0.25) is 0 Å². The fourth-order valence-electron chi connectivity index (χ4n) is 2.07. The van der Waals surface area contributed by atoms with E-state index < -0.39 is 0 Å². The van der Waals surface area contributed by atoms with Crippen molar-refractivity contribution in [1.29, 1.82) is 0 Å². The molecule has 0 fully saturated rings. The monoisotopic (exact) mass is 307 g/mol. The standard InChI is InChI=1S/C16H22FN3S/c1-16(2,3)19-8-12-7-13(17)5-6-15(12)20(4)9-14-10-21-11-18-14/h5-7,10-11,19H,8-9H2,1-4H3. The third-order valence-corrected chi connectivity index (χ3v) is 3.78. The first kappa shape index (κ1) is 15.9. The minimum atomic E-state index is -0.202. The summed E-state index contributed by atoms with van der Waals surface area (Å²) in [6.45, 7) is 7.66. The molecule has 21 heavy (non-hydrogen) atoms. The van der Waals surface area contributed by atoms with Crippen LogP contribution in [0.4, 0.5) is 10.1 Å². The van der Waals surface area contributed by atoms with Crippen molar-refractivity contribution in [2.24, 2.45) is 0 Å². The molecule has 1 heterocycles. The van der Waals surface area contributed by atoms with Crippen LogP contribution in [-0.2, 0) is 13.1 Å². The van der Waals surface area contributed by atoms with E-state index in [0.717, 1.165) is 23.5 Å². The Hall–Kier alpha value is -1.46. The molecule has 1 N–H and O–H groups in total. The first-order valence-corrected chi connectivity index (χ1v) is 7.91. The van der Waals surface area contributed by atoms with Gasteiger partial charge in [0, 0.05) is 30.2 Å². The maximum absolute atomic E-state index is 13.6. The normalized spacial score (nSPS) is 11.7. The average molecular weight is 307 g/mol. The largest absolute Gasteiger partial charge is 0.368 e. The minimum Gasteiger partial charge on any atom is -0.368 e. The Bertz CT molecular complexity index is 576. The van der Waals surface area contributed by atoms with Gasteiger partial charge in [-0.25, -0.2) is 9.37 Å². The number of nitrogens with one attached hydrogen (secondary N) is 1. The van der Waals surface area contributed by atoms with Crippen molar-refractivity contribution in [2.45, 2.75) is 39.4 Å². The lowest BCUT2D eigenvalue weighted by atomic mass is 10.1. The Labute approximate surface area is 129 Å². The molecule has 0 unspecified atom stereocenters. The van der Waals surface area contributed by atoms with Gasteiger partial charge in [0.05, 0.1) is 17.7 Å². The van der Waals surface area contributed by atoms with Crippen LogP contribution in [0.15, 0.2) is 29.1 Å². The molecule has 0 aliphatic carbocycles. The van der Waals surface area contributed by atoms with Crippen LogP contribution in [0.25, 0.3) is 0 Å². The number of rotatable bonds is 5. The number of nitrogens with zero attached hydrogens (tertiary/aromatic N) is 2. The number of hydrogen-bond donors (Lipinski definition) is 1. The quantitative estimate of drug-likeness (QED) is 0.910. The van der Waals surface area contributed by atoms with Gasteiger partial charge in [0.25, 0.3) is 0 Å². The molecule has 0 spiro atoms. The zero-order valence-electron chi connectivity index (χ0n) is 13.0. The molecule has 114 valence electrons. The summed E-state index contributed by atoms with van der Waals surface area (Å²) in [6, 6.07) is 4.94. The van der Waals surface area contributed by atoms with E-state index in [9.17, 15) is 4.39 Å². The first-order chi connectivity index (χ1) is 9.85. The minimum absolute atomic E-state index is 0.00290. The number of anilines is 1. The van der Waals surface area contributed by atoms with E-state index in [1.807, 2.05) is 24.0 Å². The lowest BCUT2D eigenvalue weighted by Crippen LogP contribution is -2.35. The summed E-state index contributed by atoms with van der Waals surface area (Å²) in [5, 5.41) is 5.45. The summed E-state index contributed by atoms with van der Waals surface area (Å²) in [7, 11) is 2.01. The molecule has 0 atom stereocenters. The van der Waals surface area contributed by atoms with Crippen molar-refractivity contribution < 1.29 is 4.39 Å². The highest BCUT2D eigenvalue weighted by molar-refractivity contribution is 7.07. The highest BCUT2D eigenvalue weighted by atomic mass is 32.1. The topological polar surface area (TPSA) is 28.2 Å². The van der Waals surface area contributed by atoms with Crippen LogP contribution in [0.2, 0.25) is 0 Å². The molecule has 0 amide bonds. The molecule has 0 aliphatic rings. The summed E-state index contributed by atoms with van der Waals surface area (Å²) < 4.78 is 13.6. The van der Waals surface area contributed by atoms with Crippen molar-refractivity contribution >= 4 is 17.0 Å². The molecule has 2 rings (SSSR count). The van der Waals surface area contributed by atoms with Gasteiger partial charge in [0.2, 0.25) is 0 Å². The van der Waals surface area contributed by atoms with E-state index in [0.29, 0.717) is 6.54 Å². The highest BCUT2D eigenvalue weighted by Gasteiger charge is 2.13. The van der Waals surface area contributed by atoms with Gasteiger partial charge >= 0.3 is 0 Å². The maximum Gasteiger partial charge on any atom is 0.123 e. The predicted molar refractivity (Wildman–Crippen MR) is 87.2 cm³/mol. The Morgan fingerprint density at radius 1 is 1.33 bits per heavy atom. The second-order valence-corrected chi connectivity index (χ2v) is 6.93. The van der Waals surface area contributed by atoms with Gasteiger partial charge in [-0.15, -0.1) is 11.3 Å². The molecule has 1 aromatic carbocycles. The van der Waals surface area contributed by atoms with Gasteiger partial charge in [-0.2, -0.15) is 0 Å². The third-order valence-electron chi connectivity index (χ3n) is 3.14. The molecule has 2 aromatic rings. The van der Waals surface area contributed by atoms with E-state index in [2.05, 4.69) is 36.0 Å². The van der Waals surface area contributed by atoms with E-state index in [1.54, 1.807) is 17.4 Å². The van der Waals surface area contributed by atoms with Crippen LogP contribution in [-0.4, -0.2) is 17.6 Å². The molecule has 0 saturated heterocycles. The van der Waals surface area contributed by atoms with Crippen molar-refractivity contribution in [1.82, 2.24) is 10.3 Å². The van der Waals surface area contributed by atoms with Crippen molar-refractivity contribution in [3.05, 3.63) is 46.2 Å². The summed E-state index contributed by atoms with van der Waals surface area (Å²) in [6.07, 6.45) is 0. The zero-order valence-corrected chi connectivity index (χ0v) is 13.8. The van der Waals surface area contributed by atoms with Gasteiger partial charge in [0.15, 0.2) is 0 Å². The molecular formula is C16H22FN3S. The first-order valence-electron chi connectivity index (χ1n) is 6.97. The maximum atomic E-state index is 13.6. The fraction of sp³-hybridized carbons (Fsp3) is 0.438. The Kier molecular flexibility index (Phi) is 4.96. The van der Waals surface area contributed by atoms with E-state index in [4.69, 9.17) is 0 Å². The Morgan fingerprint density at radius 2 is 2.10 bits per heavy atom. The predicted octanol–water partition coefficient (Wildman–Crippen LogP) is 3.81. The molecule has 5 heteroatoms. The number of hydrogen-bond acceptors (Lipinski definition) is 4. The number of halogens is 1. The molecule has 0 bridgehead atoms. The van der Waals surface area contributed by atoms with Gasteiger partial charge in [-0.05, 0) is 44.5 Å². The molecular weight excluding hydrogens is 285 g/mol. The number of aromatic nitrogens is 1. The zero-order chi connectivity index (χ0) is 15.5. The van der Waals surface area contributed by atoms with E-state index >= 15 is 0 Å². The molecule has 1 aromatic heterocycles. The Balaban J connectivity index is 2.17. The SMILES string of the molecule is CN(Cc1cscn1)c1ccc(F)cc1CNC(C)(C)C. The third kappa shape index (κ3) is 4.79. The molecule has 0 radical (unpaired) electrons. The van der Waals surface area contributed by atoms with Crippen LogP contribution < -0.4 is 10.2 Å². The Morgan fingerprint density at radius 3 is 2.71 bits per heavy atom. The smallest absolute Gasteiger partial charge is 0.123 e. The van der Waals surface area contributed by atoms with E-state index in [-0.39, 0.29) is 11.4 Å². The second-order valence-electron chi connectivity index (χ2n) is 6.21. The van der Waals surface area contributed by atoms with Gasteiger partial charge < -0.3 is 10.2 Å². The van der Waals surface area contributed by atoms with E-state index in [1.165, 1.54) is 6.07 Å². The lowest BCUT2D eigenvalue weighted by Gasteiger charge is -2.25. The molecule has 0 aliphatic heterocycles. The van der Waals surface area contributed by atoms with Crippen LogP contribution in [0.5, 0.6) is 0 Å². The summed E-state index contributed by atoms with van der Waals surface area (Å²) in [5.74, 6) is -0.202. The molecule has 0 saturated carbocycles. The second kappa shape index (κ2) is 6.54. The van der Waals surface area contributed by atoms with Crippen LogP contribution in [0.3, 0.4) is 0 Å². The van der Waals surface area contributed by atoms with Crippen molar-refractivity contribution in [2.75, 3.05) is 11.9 Å². The van der Waals surface area contributed by atoms with Gasteiger partial charge in [-0.1, -0.05) is 0 Å². The number of benzene rings is 1. The lowest BCUT2D eigenvalue weighted by molar-refractivity contribution is 0.423. The summed E-state index contributed by atoms with van der Waals surface area (Å²) in [4.78, 5) is 6.41. The average Bonchev–Trinajstić information content (AvgIpc) is 2.88. The van der Waals surface area contributed by atoms with Crippen molar-refractivity contribution in [3.63, 3.8) is 0 Å². The van der Waals surface area contributed by atoms with Gasteiger partial charge in [0.1, 0.15) is 5.82 Å². The fourth-order valence-corrected chi connectivity index (χ4v) is 2.62. The van der Waals surface area contributed by atoms with Crippen LogP contribution in [0, 0.1) is 5.82 Å². The summed E-state index contributed by atoms with van der Waals surface area (Å²) >= 11 is 1.59. The van der Waals surface area contributed by atoms with Crippen LogP contribution >= 0.6 is 11.3 Å². The number of thiazole rings is 1.